The first kappa shape index (κ1) is 20.3. The Kier molecular flexibility index (Phi) is 5.77. The highest BCUT2D eigenvalue weighted by Crippen LogP contribution is 2.68. The van der Waals surface area contributed by atoms with Crippen molar-refractivity contribution in [3.05, 3.63) is 0 Å². The normalized spacial score (nSPS) is 48.0. The second kappa shape index (κ2) is 7.68. The molecule has 4 aliphatic rings. The van der Waals surface area contributed by atoms with Crippen molar-refractivity contribution in [1.29, 1.82) is 0 Å². The van der Waals surface area contributed by atoms with Crippen LogP contribution >= 0.6 is 0 Å². The second-order valence-corrected chi connectivity index (χ2v) is 12.4. The first-order valence-electron chi connectivity index (χ1n) is 12.9. The topological polar surface area (TPSA) is 0 Å². The summed E-state index contributed by atoms with van der Waals surface area (Å²) in [6.45, 7) is 12.9. The van der Waals surface area contributed by atoms with Crippen molar-refractivity contribution in [1.82, 2.24) is 0 Å². The SMILES string of the molecule is CC(C)CCC[C@@H](C)C1CCC2C3CCC4CCCC[C@]4(C)C3CC[C@@]21C. The molecular formula is C27H48. The van der Waals surface area contributed by atoms with E-state index in [1.165, 1.54) is 32.1 Å². The molecule has 0 saturated heterocycles. The molecule has 0 spiro atoms. The van der Waals surface area contributed by atoms with Crippen LogP contribution in [0.4, 0.5) is 0 Å². The average molecular weight is 373 g/mol. The van der Waals surface area contributed by atoms with E-state index in [0.717, 1.165) is 41.4 Å². The van der Waals surface area contributed by atoms with Gasteiger partial charge in [0, 0.05) is 0 Å². The predicted molar refractivity (Wildman–Crippen MR) is 118 cm³/mol. The van der Waals surface area contributed by atoms with Crippen molar-refractivity contribution in [2.75, 3.05) is 0 Å². The lowest BCUT2D eigenvalue weighted by molar-refractivity contribution is -0.114. The Balaban J connectivity index is 1.46. The third-order valence-electron chi connectivity index (χ3n) is 10.8. The fourth-order valence-corrected chi connectivity index (χ4v) is 9.32. The van der Waals surface area contributed by atoms with E-state index in [4.69, 9.17) is 0 Å². The van der Waals surface area contributed by atoms with Gasteiger partial charge >= 0.3 is 0 Å². The summed E-state index contributed by atoms with van der Waals surface area (Å²) in [6.07, 6.45) is 19.9. The first-order valence-corrected chi connectivity index (χ1v) is 12.9. The van der Waals surface area contributed by atoms with Crippen molar-refractivity contribution >= 4 is 0 Å². The molecule has 27 heavy (non-hydrogen) atoms. The highest BCUT2D eigenvalue weighted by molar-refractivity contribution is 5.09. The molecule has 0 amide bonds. The van der Waals surface area contributed by atoms with Crippen molar-refractivity contribution in [3.8, 4) is 0 Å². The summed E-state index contributed by atoms with van der Waals surface area (Å²) in [5.74, 6) is 7.15. The van der Waals surface area contributed by atoms with E-state index in [0.29, 0.717) is 10.8 Å². The average Bonchev–Trinajstić information content (AvgIpc) is 2.98. The van der Waals surface area contributed by atoms with E-state index >= 15 is 0 Å². The predicted octanol–water partition coefficient (Wildman–Crippen LogP) is 8.50. The molecule has 8 atom stereocenters. The number of hydrogen-bond acceptors (Lipinski definition) is 0. The van der Waals surface area contributed by atoms with Crippen LogP contribution in [0.1, 0.15) is 118 Å². The van der Waals surface area contributed by atoms with Crippen LogP contribution in [0.5, 0.6) is 0 Å². The van der Waals surface area contributed by atoms with E-state index in [1.807, 2.05) is 0 Å². The van der Waals surface area contributed by atoms with E-state index < -0.39 is 0 Å². The Morgan fingerprint density at radius 1 is 0.741 bits per heavy atom. The maximum Gasteiger partial charge on any atom is -0.0264 e. The lowest BCUT2D eigenvalue weighted by Gasteiger charge is -2.61. The lowest BCUT2D eigenvalue weighted by atomic mass is 9.44. The third-order valence-corrected chi connectivity index (χ3v) is 10.8. The molecule has 4 saturated carbocycles. The van der Waals surface area contributed by atoms with Crippen LogP contribution in [0.2, 0.25) is 0 Å². The fourth-order valence-electron chi connectivity index (χ4n) is 9.32. The van der Waals surface area contributed by atoms with Gasteiger partial charge in [0.1, 0.15) is 0 Å². The van der Waals surface area contributed by atoms with Crippen LogP contribution in [-0.2, 0) is 0 Å². The molecule has 0 nitrogen and oxygen atoms in total. The van der Waals surface area contributed by atoms with Gasteiger partial charge in [-0.15, -0.1) is 0 Å². The van der Waals surface area contributed by atoms with E-state index in [2.05, 4.69) is 34.6 Å². The summed E-state index contributed by atoms with van der Waals surface area (Å²) < 4.78 is 0. The van der Waals surface area contributed by atoms with Crippen molar-refractivity contribution < 1.29 is 0 Å². The molecule has 0 heteroatoms. The molecule has 4 aliphatic carbocycles. The Morgan fingerprint density at radius 2 is 1.52 bits per heavy atom. The van der Waals surface area contributed by atoms with Crippen LogP contribution in [0.15, 0.2) is 0 Å². The Bertz CT molecular complexity index is 506. The van der Waals surface area contributed by atoms with Crippen LogP contribution in [0, 0.1) is 52.3 Å². The number of fused-ring (bicyclic) bond motifs is 5. The largest absolute Gasteiger partial charge is 0.0628 e. The molecular weight excluding hydrogens is 324 g/mol. The van der Waals surface area contributed by atoms with Gasteiger partial charge < -0.3 is 0 Å². The molecule has 5 unspecified atom stereocenters. The summed E-state index contributed by atoms with van der Waals surface area (Å²) in [7, 11) is 0. The van der Waals surface area contributed by atoms with Gasteiger partial charge in [-0.25, -0.2) is 0 Å². The molecule has 0 aliphatic heterocycles. The molecule has 0 heterocycles. The highest BCUT2D eigenvalue weighted by atomic mass is 14.6. The number of hydrogen-bond donors (Lipinski definition) is 0. The van der Waals surface area contributed by atoms with E-state index in [9.17, 15) is 0 Å². The summed E-state index contributed by atoms with van der Waals surface area (Å²) in [5, 5.41) is 0. The summed E-state index contributed by atoms with van der Waals surface area (Å²) in [5.41, 5.74) is 1.39. The van der Waals surface area contributed by atoms with Gasteiger partial charge in [0.15, 0.2) is 0 Å². The lowest BCUT2D eigenvalue weighted by Crippen LogP contribution is -2.53. The van der Waals surface area contributed by atoms with Crippen LogP contribution < -0.4 is 0 Å². The molecule has 4 fully saturated rings. The third kappa shape index (κ3) is 3.44. The van der Waals surface area contributed by atoms with E-state index in [1.54, 1.807) is 51.4 Å². The van der Waals surface area contributed by atoms with Gasteiger partial charge in [0.05, 0.1) is 0 Å². The second-order valence-electron chi connectivity index (χ2n) is 12.4. The minimum Gasteiger partial charge on any atom is -0.0628 e. The smallest absolute Gasteiger partial charge is 0.0264 e. The van der Waals surface area contributed by atoms with Crippen LogP contribution in [0.3, 0.4) is 0 Å². The molecule has 156 valence electrons. The van der Waals surface area contributed by atoms with E-state index in [-0.39, 0.29) is 0 Å². The summed E-state index contributed by atoms with van der Waals surface area (Å²) in [4.78, 5) is 0. The first-order chi connectivity index (χ1) is 12.9. The Labute approximate surface area is 170 Å². The zero-order chi connectivity index (χ0) is 19.2. The Morgan fingerprint density at radius 3 is 2.30 bits per heavy atom. The fraction of sp³-hybridized carbons (Fsp3) is 1.00. The molecule has 0 aromatic carbocycles. The van der Waals surface area contributed by atoms with Gasteiger partial charge in [-0.2, -0.15) is 0 Å². The molecule has 0 bridgehead atoms. The van der Waals surface area contributed by atoms with Gasteiger partial charge in [-0.3, -0.25) is 0 Å². The minimum absolute atomic E-state index is 0.677. The zero-order valence-corrected chi connectivity index (χ0v) is 19.2. The molecule has 0 aromatic rings. The van der Waals surface area contributed by atoms with Crippen LogP contribution in [0.25, 0.3) is 0 Å². The summed E-state index contributed by atoms with van der Waals surface area (Å²) >= 11 is 0. The number of rotatable bonds is 5. The standard InChI is InChI=1S/C27H48/c1-19(2)9-8-10-20(3)23-14-15-24-22-13-12-21-11-6-7-17-26(21,4)25(22)16-18-27(23,24)5/h19-25H,6-18H2,1-5H3/t20-,21?,22?,23?,24?,25?,26+,27-/m1/s1. The van der Waals surface area contributed by atoms with Gasteiger partial charge in [-0.05, 0) is 104 Å². The molecule has 0 N–H and O–H groups in total. The molecule has 0 radical (unpaired) electrons. The summed E-state index contributed by atoms with van der Waals surface area (Å²) in [6, 6.07) is 0. The monoisotopic (exact) mass is 372 g/mol. The molecule has 0 aromatic heterocycles. The zero-order valence-electron chi connectivity index (χ0n) is 19.2. The van der Waals surface area contributed by atoms with Crippen LogP contribution in [-0.4, -0.2) is 0 Å². The van der Waals surface area contributed by atoms with Crippen molar-refractivity contribution in [2.24, 2.45) is 52.3 Å². The van der Waals surface area contributed by atoms with Gasteiger partial charge in [-0.1, -0.05) is 66.7 Å². The maximum atomic E-state index is 2.75. The maximum absolute atomic E-state index is 2.75. The Hall–Kier alpha value is 0. The van der Waals surface area contributed by atoms with Crippen molar-refractivity contribution in [3.63, 3.8) is 0 Å². The van der Waals surface area contributed by atoms with Crippen molar-refractivity contribution in [2.45, 2.75) is 118 Å². The quantitative estimate of drug-likeness (QED) is 0.453. The highest BCUT2D eigenvalue weighted by Gasteiger charge is 2.59. The van der Waals surface area contributed by atoms with Gasteiger partial charge in [0.25, 0.3) is 0 Å². The minimum atomic E-state index is 0.677. The van der Waals surface area contributed by atoms with Gasteiger partial charge in [0.2, 0.25) is 0 Å². The molecule has 4 rings (SSSR count).